The Hall–Kier alpha value is -0.570. The van der Waals surface area contributed by atoms with E-state index < -0.39 is 5.97 Å². The molecule has 0 saturated heterocycles. The highest BCUT2D eigenvalue weighted by molar-refractivity contribution is 5.71. The Kier molecular flexibility index (Phi) is 2.73. The Morgan fingerprint density at radius 2 is 2.08 bits per heavy atom. The molecule has 0 amide bonds. The summed E-state index contributed by atoms with van der Waals surface area (Å²) in [5.74, 6) is -0.140. The minimum Gasteiger partial charge on any atom is -0.481 e. The Morgan fingerprint density at radius 3 is 2.33 bits per heavy atom. The average Bonchev–Trinajstić information content (AvgIpc) is 2.30. The molecule has 1 fully saturated rings. The zero-order valence-corrected chi connectivity index (χ0v) is 7.66. The van der Waals surface area contributed by atoms with Crippen LogP contribution >= 0.6 is 0 Å². The Bertz CT molecular complexity index is 179. The van der Waals surface area contributed by atoms with Gasteiger partial charge in [-0.25, -0.2) is 0 Å². The largest absolute Gasteiger partial charge is 0.481 e. The van der Waals surface area contributed by atoms with Gasteiger partial charge in [-0.3, -0.25) is 4.79 Å². The molecule has 0 heterocycles. The molecule has 1 rings (SSSR count). The molecule has 1 aliphatic carbocycles. The van der Waals surface area contributed by atoms with Gasteiger partial charge in [-0.05, 0) is 24.7 Å². The van der Waals surface area contributed by atoms with Gasteiger partial charge in [0.15, 0.2) is 0 Å². The standard InChI is InChI=1S/C9H17NO2/c1-5(2)6-3-4-7(8(6)10)9(11)12/h5-8H,3-4,10H2,1-2H3,(H,11,12)/t6-,7-,8-/m0/s1. The van der Waals surface area contributed by atoms with Gasteiger partial charge >= 0.3 is 5.97 Å². The molecule has 0 aromatic rings. The smallest absolute Gasteiger partial charge is 0.308 e. The molecule has 3 N–H and O–H groups in total. The number of carbonyl (C=O) groups is 1. The SMILES string of the molecule is CC(C)[C@@H]1CC[C@H](C(=O)O)[C@H]1N. The van der Waals surface area contributed by atoms with Crippen LogP contribution in [0, 0.1) is 17.8 Å². The van der Waals surface area contributed by atoms with Crippen molar-refractivity contribution in [2.75, 3.05) is 0 Å². The molecular weight excluding hydrogens is 154 g/mol. The zero-order chi connectivity index (χ0) is 9.30. The van der Waals surface area contributed by atoms with Gasteiger partial charge in [0.1, 0.15) is 0 Å². The van der Waals surface area contributed by atoms with Crippen LogP contribution in [0.15, 0.2) is 0 Å². The lowest BCUT2D eigenvalue weighted by Crippen LogP contribution is -2.37. The van der Waals surface area contributed by atoms with Gasteiger partial charge in [0.25, 0.3) is 0 Å². The molecule has 0 bridgehead atoms. The summed E-state index contributed by atoms with van der Waals surface area (Å²) in [5, 5.41) is 8.80. The van der Waals surface area contributed by atoms with Crippen LogP contribution in [0.3, 0.4) is 0 Å². The monoisotopic (exact) mass is 171 g/mol. The van der Waals surface area contributed by atoms with Crippen LogP contribution in [0.4, 0.5) is 0 Å². The molecule has 3 atom stereocenters. The maximum Gasteiger partial charge on any atom is 0.308 e. The molecule has 3 heteroatoms. The second kappa shape index (κ2) is 3.44. The normalized spacial score (nSPS) is 35.8. The van der Waals surface area contributed by atoms with Gasteiger partial charge in [-0.1, -0.05) is 13.8 Å². The van der Waals surface area contributed by atoms with Crippen molar-refractivity contribution in [1.82, 2.24) is 0 Å². The minimum atomic E-state index is -0.731. The van der Waals surface area contributed by atoms with Crippen molar-refractivity contribution >= 4 is 5.97 Å². The second-order valence-corrected chi connectivity index (χ2v) is 4.01. The van der Waals surface area contributed by atoms with E-state index in [2.05, 4.69) is 13.8 Å². The number of hydrogen-bond donors (Lipinski definition) is 2. The van der Waals surface area contributed by atoms with E-state index in [0.29, 0.717) is 11.8 Å². The minimum absolute atomic E-state index is 0.137. The van der Waals surface area contributed by atoms with Crippen LogP contribution in [-0.4, -0.2) is 17.1 Å². The Morgan fingerprint density at radius 1 is 1.50 bits per heavy atom. The summed E-state index contributed by atoms with van der Waals surface area (Å²) < 4.78 is 0. The highest BCUT2D eigenvalue weighted by Gasteiger charge is 2.38. The summed E-state index contributed by atoms with van der Waals surface area (Å²) >= 11 is 0. The fraction of sp³-hybridized carbons (Fsp3) is 0.889. The van der Waals surface area contributed by atoms with Gasteiger partial charge in [0.2, 0.25) is 0 Å². The summed E-state index contributed by atoms with van der Waals surface area (Å²) in [7, 11) is 0. The van der Waals surface area contributed by atoms with Gasteiger partial charge in [-0.2, -0.15) is 0 Å². The molecule has 12 heavy (non-hydrogen) atoms. The molecular formula is C9H17NO2. The molecule has 0 aliphatic heterocycles. The quantitative estimate of drug-likeness (QED) is 0.653. The summed E-state index contributed by atoms with van der Waals surface area (Å²) in [4.78, 5) is 10.7. The third-order valence-corrected chi connectivity index (χ3v) is 2.94. The van der Waals surface area contributed by atoms with Crippen LogP contribution in [0.25, 0.3) is 0 Å². The number of carboxylic acids is 1. The summed E-state index contributed by atoms with van der Waals surface area (Å²) in [6.45, 7) is 4.21. The number of hydrogen-bond acceptors (Lipinski definition) is 2. The van der Waals surface area contributed by atoms with E-state index in [4.69, 9.17) is 10.8 Å². The van der Waals surface area contributed by atoms with Crippen molar-refractivity contribution in [3.05, 3.63) is 0 Å². The van der Waals surface area contributed by atoms with Gasteiger partial charge in [0.05, 0.1) is 5.92 Å². The fourth-order valence-electron chi connectivity index (χ4n) is 2.12. The van der Waals surface area contributed by atoms with E-state index in [1.54, 1.807) is 0 Å². The van der Waals surface area contributed by atoms with Gasteiger partial charge in [0, 0.05) is 6.04 Å². The molecule has 0 radical (unpaired) electrons. The topological polar surface area (TPSA) is 63.3 Å². The van der Waals surface area contributed by atoms with Gasteiger partial charge in [-0.15, -0.1) is 0 Å². The first-order valence-electron chi connectivity index (χ1n) is 4.52. The molecule has 70 valence electrons. The van der Waals surface area contributed by atoms with Crippen LogP contribution in [0.5, 0.6) is 0 Å². The molecule has 0 spiro atoms. The Labute approximate surface area is 72.9 Å². The van der Waals surface area contributed by atoms with E-state index in [0.717, 1.165) is 12.8 Å². The van der Waals surface area contributed by atoms with E-state index >= 15 is 0 Å². The van der Waals surface area contributed by atoms with E-state index in [9.17, 15) is 4.79 Å². The summed E-state index contributed by atoms with van der Waals surface area (Å²) in [5.41, 5.74) is 5.84. The van der Waals surface area contributed by atoms with E-state index in [1.807, 2.05) is 0 Å². The lowest BCUT2D eigenvalue weighted by atomic mass is 9.89. The number of rotatable bonds is 2. The van der Waals surface area contributed by atoms with Crippen LogP contribution < -0.4 is 5.73 Å². The molecule has 1 saturated carbocycles. The van der Waals surface area contributed by atoms with E-state index in [-0.39, 0.29) is 12.0 Å². The van der Waals surface area contributed by atoms with Crippen molar-refractivity contribution in [3.63, 3.8) is 0 Å². The molecule has 1 aliphatic rings. The van der Waals surface area contributed by atoms with Gasteiger partial charge < -0.3 is 10.8 Å². The maximum absolute atomic E-state index is 10.7. The lowest BCUT2D eigenvalue weighted by Gasteiger charge is -2.21. The van der Waals surface area contributed by atoms with Crippen molar-refractivity contribution < 1.29 is 9.90 Å². The van der Waals surface area contributed by atoms with Crippen LogP contribution in [0.1, 0.15) is 26.7 Å². The lowest BCUT2D eigenvalue weighted by molar-refractivity contribution is -0.142. The first-order chi connectivity index (χ1) is 5.54. The average molecular weight is 171 g/mol. The summed E-state index contributed by atoms with van der Waals surface area (Å²) in [6, 6.07) is -0.137. The van der Waals surface area contributed by atoms with Crippen molar-refractivity contribution in [2.24, 2.45) is 23.5 Å². The highest BCUT2D eigenvalue weighted by atomic mass is 16.4. The number of aliphatic carboxylic acids is 1. The predicted molar refractivity (Wildman–Crippen MR) is 46.7 cm³/mol. The fourth-order valence-corrected chi connectivity index (χ4v) is 2.12. The van der Waals surface area contributed by atoms with E-state index in [1.165, 1.54) is 0 Å². The first-order valence-corrected chi connectivity index (χ1v) is 4.52. The Balaban J connectivity index is 2.61. The van der Waals surface area contributed by atoms with Crippen molar-refractivity contribution in [3.8, 4) is 0 Å². The molecule has 0 aromatic heterocycles. The maximum atomic E-state index is 10.7. The number of nitrogens with two attached hydrogens (primary N) is 1. The van der Waals surface area contributed by atoms with Crippen molar-refractivity contribution in [2.45, 2.75) is 32.7 Å². The number of carboxylic acid groups (broad SMARTS) is 1. The molecule has 3 nitrogen and oxygen atoms in total. The van der Waals surface area contributed by atoms with Crippen molar-refractivity contribution in [1.29, 1.82) is 0 Å². The molecule has 0 aromatic carbocycles. The zero-order valence-electron chi connectivity index (χ0n) is 7.66. The summed E-state index contributed by atoms with van der Waals surface area (Å²) in [6.07, 6.45) is 1.72. The van der Waals surface area contributed by atoms with Crippen LogP contribution in [0.2, 0.25) is 0 Å². The third-order valence-electron chi connectivity index (χ3n) is 2.94. The third kappa shape index (κ3) is 1.61. The van der Waals surface area contributed by atoms with Crippen LogP contribution in [-0.2, 0) is 4.79 Å². The highest BCUT2D eigenvalue weighted by Crippen LogP contribution is 2.34. The second-order valence-electron chi connectivity index (χ2n) is 4.01. The molecule has 0 unspecified atom stereocenters. The predicted octanol–water partition coefficient (Wildman–Crippen LogP) is 1.08. The first kappa shape index (κ1) is 9.52.